The number of carbonyl (C=O) groups is 3. The summed E-state index contributed by atoms with van der Waals surface area (Å²) < 4.78 is 10.1. The van der Waals surface area contributed by atoms with Gasteiger partial charge in [0.2, 0.25) is 0 Å². The van der Waals surface area contributed by atoms with Crippen molar-refractivity contribution in [1.29, 1.82) is 0 Å². The average molecular weight is 409 g/mol. The smallest absolute Gasteiger partial charge is 0.350 e. The van der Waals surface area contributed by atoms with Crippen LogP contribution in [0.5, 0.6) is 0 Å². The lowest BCUT2D eigenvalue weighted by Crippen LogP contribution is -2.21. The maximum Gasteiger partial charge on any atom is 0.350 e. The van der Waals surface area contributed by atoms with E-state index < -0.39 is 24.5 Å². The van der Waals surface area contributed by atoms with E-state index in [1.54, 1.807) is 43.3 Å². The Kier molecular flexibility index (Phi) is 6.76. The highest BCUT2D eigenvalue weighted by molar-refractivity contribution is 7.18. The molecule has 3 aromatic rings. The third-order valence-electron chi connectivity index (χ3n) is 3.87. The molecule has 0 aliphatic heterocycles. The first-order valence-corrected chi connectivity index (χ1v) is 9.78. The number of hydrogen-bond acceptors (Lipinski definition) is 6. The van der Waals surface area contributed by atoms with Crippen molar-refractivity contribution in [2.45, 2.75) is 6.92 Å². The molecular weight excluding hydrogens is 390 g/mol. The van der Waals surface area contributed by atoms with Crippen LogP contribution in [0.3, 0.4) is 0 Å². The third-order valence-corrected chi connectivity index (χ3v) is 5.03. The molecule has 0 saturated carbocycles. The fourth-order valence-electron chi connectivity index (χ4n) is 2.55. The molecule has 1 heterocycles. The molecule has 0 atom stereocenters. The minimum absolute atomic E-state index is 0.222. The Morgan fingerprint density at radius 1 is 0.897 bits per heavy atom. The summed E-state index contributed by atoms with van der Waals surface area (Å²) in [7, 11) is 0. The van der Waals surface area contributed by atoms with Gasteiger partial charge in [0.05, 0.1) is 17.9 Å². The zero-order chi connectivity index (χ0) is 20.6. The Labute approximate surface area is 172 Å². The van der Waals surface area contributed by atoms with Crippen LogP contribution in [0.4, 0.5) is 5.69 Å². The Hall–Kier alpha value is -3.45. The number of ether oxygens (including phenoxy) is 2. The van der Waals surface area contributed by atoms with Gasteiger partial charge in [-0.25, -0.2) is 9.59 Å². The largest absolute Gasteiger partial charge is 0.462 e. The van der Waals surface area contributed by atoms with E-state index in [0.717, 1.165) is 10.4 Å². The highest BCUT2D eigenvalue weighted by Gasteiger charge is 2.20. The van der Waals surface area contributed by atoms with E-state index in [4.69, 9.17) is 9.47 Å². The van der Waals surface area contributed by atoms with Crippen LogP contribution in [0.2, 0.25) is 0 Å². The van der Waals surface area contributed by atoms with Crippen molar-refractivity contribution in [2.24, 2.45) is 0 Å². The number of benzene rings is 2. The van der Waals surface area contributed by atoms with E-state index in [2.05, 4.69) is 5.32 Å². The van der Waals surface area contributed by atoms with E-state index in [1.165, 1.54) is 11.3 Å². The van der Waals surface area contributed by atoms with Gasteiger partial charge in [-0.15, -0.1) is 11.3 Å². The van der Waals surface area contributed by atoms with Crippen molar-refractivity contribution in [3.63, 3.8) is 0 Å². The molecule has 1 amide bonds. The van der Waals surface area contributed by atoms with Gasteiger partial charge in [-0.3, -0.25) is 4.79 Å². The molecule has 6 nitrogen and oxygen atoms in total. The van der Waals surface area contributed by atoms with Crippen LogP contribution in [0, 0.1) is 0 Å². The molecule has 1 aromatic heterocycles. The molecule has 0 unspecified atom stereocenters. The van der Waals surface area contributed by atoms with Crippen LogP contribution in [-0.2, 0) is 14.3 Å². The summed E-state index contributed by atoms with van der Waals surface area (Å²) >= 11 is 1.23. The molecule has 148 valence electrons. The van der Waals surface area contributed by atoms with Crippen molar-refractivity contribution in [3.8, 4) is 10.4 Å². The molecule has 29 heavy (non-hydrogen) atoms. The highest BCUT2D eigenvalue weighted by Crippen LogP contribution is 2.35. The van der Waals surface area contributed by atoms with Gasteiger partial charge in [0, 0.05) is 4.88 Å². The molecule has 1 N–H and O–H groups in total. The molecule has 2 aromatic carbocycles. The second-order valence-corrected chi connectivity index (χ2v) is 6.98. The van der Waals surface area contributed by atoms with Crippen LogP contribution >= 0.6 is 11.3 Å². The molecule has 0 aliphatic carbocycles. The third kappa shape index (κ3) is 5.30. The lowest BCUT2D eigenvalue weighted by Gasteiger charge is -2.07. The summed E-state index contributed by atoms with van der Waals surface area (Å²) in [5.74, 6) is -1.66. The van der Waals surface area contributed by atoms with Crippen molar-refractivity contribution in [2.75, 3.05) is 18.5 Å². The summed E-state index contributed by atoms with van der Waals surface area (Å²) in [6.07, 6.45) is 0. The average Bonchev–Trinajstić information content (AvgIpc) is 3.17. The fraction of sp³-hybridized carbons (Fsp3) is 0.136. The fourth-order valence-corrected chi connectivity index (χ4v) is 3.56. The van der Waals surface area contributed by atoms with Crippen molar-refractivity contribution in [1.82, 2.24) is 0 Å². The number of nitrogens with one attached hydrogen (secondary N) is 1. The number of carbonyl (C=O) groups excluding carboxylic acids is 3. The normalized spacial score (nSPS) is 10.2. The Bertz CT molecular complexity index is 999. The first-order chi connectivity index (χ1) is 14.1. The Morgan fingerprint density at radius 3 is 2.21 bits per heavy atom. The predicted molar refractivity (Wildman–Crippen MR) is 111 cm³/mol. The van der Waals surface area contributed by atoms with Gasteiger partial charge < -0.3 is 14.8 Å². The van der Waals surface area contributed by atoms with E-state index >= 15 is 0 Å². The monoisotopic (exact) mass is 409 g/mol. The van der Waals surface area contributed by atoms with Crippen LogP contribution in [0.25, 0.3) is 10.4 Å². The lowest BCUT2D eigenvalue weighted by atomic mass is 10.2. The van der Waals surface area contributed by atoms with Crippen LogP contribution in [-0.4, -0.2) is 31.1 Å². The molecule has 3 rings (SSSR count). The van der Waals surface area contributed by atoms with Crippen molar-refractivity contribution < 1.29 is 23.9 Å². The predicted octanol–water partition coefficient (Wildman–Crippen LogP) is 4.39. The van der Waals surface area contributed by atoms with Gasteiger partial charge in [0.1, 0.15) is 4.88 Å². The lowest BCUT2D eigenvalue weighted by molar-refractivity contribution is -0.119. The summed E-state index contributed by atoms with van der Waals surface area (Å²) in [6, 6.07) is 19.6. The van der Waals surface area contributed by atoms with E-state index in [-0.39, 0.29) is 11.5 Å². The first-order valence-electron chi connectivity index (χ1n) is 8.97. The summed E-state index contributed by atoms with van der Waals surface area (Å²) in [4.78, 5) is 37.7. The van der Waals surface area contributed by atoms with Gasteiger partial charge in [-0.05, 0) is 30.7 Å². The van der Waals surface area contributed by atoms with Gasteiger partial charge in [-0.2, -0.15) is 0 Å². The van der Waals surface area contributed by atoms with Crippen LogP contribution < -0.4 is 5.32 Å². The number of thiophene rings is 1. The minimum atomic E-state index is -0.596. The first kappa shape index (κ1) is 20.3. The van der Waals surface area contributed by atoms with Crippen molar-refractivity contribution >= 4 is 34.9 Å². The topological polar surface area (TPSA) is 81.7 Å². The number of anilines is 1. The van der Waals surface area contributed by atoms with Crippen LogP contribution in [0.15, 0.2) is 66.7 Å². The summed E-state index contributed by atoms with van der Waals surface area (Å²) in [6.45, 7) is 1.47. The number of rotatable bonds is 7. The Morgan fingerprint density at radius 2 is 1.55 bits per heavy atom. The van der Waals surface area contributed by atoms with E-state index in [1.807, 2.05) is 30.3 Å². The molecule has 0 bridgehead atoms. The second kappa shape index (κ2) is 9.66. The zero-order valence-corrected chi connectivity index (χ0v) is 16.5. The van der Waals surface area contributed by atoms with Crippen molar-refractivity contribution in [3.05, 3.63) is 77.2 Å². The maximum absolute atomic E-state index is 12.3. The zero-order valence-electron chi connectivity index (χ0n) is 15.7. The summed E-state index contributed by atoms with van der Waals surface area (Å²) in [5, 5.41) is 2.64. The molecule has 0 fully saturated rings. The standard InChI is InChI=1S/C22H19NO5S/c1-2-27-22(26)20-17(13-18(29-20)15-9-5-3-6-10-15)23-19(24)14-28-21(25)16-11-7-4-8-12-16/h3-13H,2,14H2,1H3,(H,23,24). The van der Waals surface area contributed by atoms with E-state index in [0.29, 0.717) is 11.3 Å². The second-order valence-electron chi connectivity index (χ2n) is 5.93. The Balaban J connectivity index is 1.73. The molecule has 7 heteroatoms. The number of hydrogen-bond donors (Lipinski definition) is 1. The van der Waals surface area contributed by atoms with Crippen LogP contribution in [0.1, 0.15) is 27.0 Å². The van der Waals surface area contributed by atoms with Gasteiger partial charge in [0.25, 0.3) is 5.91 Å². The molecule has 0 saturated heterocycles. The highest BCUT2D eigenvalue weighted by atomic mass is 32.1. The quantitative estimate of drug-likeness (QED) is 0.586. The van der Waals surface area contributed by atoms with Gasteiger partial charge in [-0.1, -0.05) is 48.5 Å². The number of amides is 1. The SMILES string of the molecule is CCOC(=O)c1sc(-c2ccccc2)cc1NC(=O)COC(=O)c1ccccc1. The van der Waals surface area contributed by atoms with Gasteiger partial charge in [0.15, 0.2) is 6.61 Å². The summed E-state index contributed by atoms with van der Waals surface area (Å²) in [5.41, 5.74) is 1.60. The molecular formula is C22H19NO5S. The van der Waals surface area contributed by atoms with Gasteiger partial charge >= 0.3 is 11.9 Å². The minimum Gasteiger partial charge on any atom is -0.462 e. The number of esters is 2. The maximum atomic E-state index is 12.3. The molecule has 0 radical (unpaired) electrons. The van der Waals surface area contributed by atoms with E-state index in [9.17, 15) is 14.4 Å². The molecule has 0 spiro atoms. The molecule has 0 aliphatic rings.